The molecule has 0 aliphatic carbocycles. The van der Waals surface area contributed by atoms with Gasteiger partial charge in [0.2, 0.25) is 0 Å². The molecule has 0 saturated carbocycles. The zero-order valence-corrected chi connectivity index (χ0v) is 10.5. The number of methoxy groups -OCH3 is 1. The van der Waals surface area contributed by atoms with Crippen LogP contribution in [0.25, 0.3) is 0 Å². The van der Waals surface area contributed by atoms with E-state index in [2.05, 4.69) is 15.3 Å². The van der Waals surface area contributed by atoms with Gasteiger partial charge in [-0.2, -0.15) is 0 Å². The van der Waals surface area contributed by atoms with E-state index in [0.29, 0.717) is 12.3 Å². The van der Waals surface area contributed by atoms with Crippen molar-refractivity contribution in [1.82, 2.24) is 9.97 Å². The molecular weight excluding hydrogens is 222 g/mol. The fourth-order valence-electron chi connectivity index (χ4n) is 1.06. The number of nitrogens with one attached hydrogen (secondary N) is 1. The fourth-order valence-corrected chi connectivity index (χ4v) is 1.06. The lowest BCUT2D eigenvalue weighted by atomic mass is 10.2. The highest BCUT2D eigenvalue weighted by atomic mass is 16.5. The smallest absolute Gasteiger partial charge is 0.412 e. The van der Waals surface area contributed by atoms with Crippen LogP contribution in [0.15, 0.2) is 6.20 Å². The Morgan fingerprint density at radius 3 is 2.82 bits per heavy atom. The maximum Gasteiger partial charge on any atom is 0.412 e. The average Bonchev–Trinajstić information content (AvgIpc) is 2.28. The van der Waals surface area contributed by atoms with Gasteiger partial charge in [0.15, 0.2) is 5.82 Å². The summed E-state index contributed by atoms with van der Waals surface area (Å²) in [6.45, 7) is 6.06. The third-order valence-corrected chi connectivity index (χ3v) is 1.82. The molecule has 0 bridgehead atoms. The van der Waals surface area contributed by atoms with E-state index in [0.717, 1.165) is 0 Å². The molecule has 0 unspecified atom stereocenters. The first kappa shape index (κ1) is 13.2. The number of hydrogen-bond donors (Lipinski definition) is 1. The molecule has 0 saturated heterocycles. The molecule has 0 aliphatic rings. The minimum Gasteiger partial charge on any atom is -0.478 e. The molecule has 0 spiro atoms. The van der Waals surface area contributed by atoms with Crippen LogP contribution in [-0.4, -0.2) is 29.8 Å². The maximum absolute atomic E-state index is 11.4. The molecule has 1 heterocycles. The predicted octanol–water partition coefficient (Wildman–Crippen LogP) is 2.00. The molecule has 1 rings (SSSR count). The van der Waals surface area contributed by atoms with Crippen molar-refractivity contribution >= 4 is 11.9 Å². The van der Waals surface area contributed by atoms with E-state index >= 15 is 0 Å². The molecule has 0 aliphatic heterocycles. The zero-order valence-electron chi connectivity index (χ0n) is 10.5. The van der Waals surface area contributed by atoms with Crippen molar-refractivity contribution < 1.29 is 14.3 Å². The molecule has 1 aromatic heterocycles. The Morgan fingerprint density at radius 1 is 1.53 bits per heavy atom. The zero-order chi connectivity index (χ0) is 12.8. The van der Waals surface area contributed by atoms with E-state index in [1.54, 1.807) is 13.1 Å². The summed E-state index contributed by atoms with van der Waals surface area (Å²) >= 11 is 0. The molecule has 17 heavy (non-hydrogen) atoms. The van der Waals surface area contributed by atoms with Crippen molar-refractivity contribution in [2.45, 2.75) is 20.8 Å². The summed E-state index contributed by atoms with van der Waals surface area (Å²) in [5, 5.41) is 2.48. The maximum atomic E-state index is 11.4. The van der Waals surface area contributed by atoms with E-state index in [1.165, 1.54) is 7.11 Å². The minimum atomic E-state index is -0.560. The quantitative estimate of drug-likeness (QED) is 0.869. The monoisotopic (exact) mass is 239 g/mol. The Morgan fingerprint density at radius 2 is 2.24 bits per heavy atom. The largest absolute Gasteiger partial charge is 0.478 e. The molecule has 6 nitrogen and oxygen atoms in total. The topological polar surface area (TPSA) is 73.3 Å². The van der Waals surface area contributed by atoms with Gasteiger partial charge in [-0.05, 0) is 12.8 Å². The van der Waals surface area contributed by atoms with Crippen LogP contribution in [0.2, 0.25) is 0 Å². The Balaban J connectivity index is 2.64. The normalized spacial score (nSPS) is 10.2. The summed E-state index contributed by atoms with van der Waals surface area (Å²) in [7, 11) is 1.47. The van der Waals surface area contributed by atoms with E-state index < -0.39 is 6.09 Å². The standard InChI is InChI=1S/C11H17N3O3/c1-7(2)6-17-11(15)14-9-10(16-4)13-8(3)5-12-9/h5,7H,6H2,1-4H3,(H,12,14,15). The molecule has 6 heteroatoms. The Labute approximate surface area is 100 Å². The number of carbonyl (C=O) groups excluding carboxylic acids is 1. The van der Waals surface area contributed by atoms with Gasteiger partial charge in [-0.3, -0.25) is 5.32 Å². The van der Waals surface area contributed by atoms with Crippen LogP contribution in [0.5, 0.6) is 5.88 Å². The van der Waals surface area contributed by atoms with Crippen LogP contribution in [0, 0.1) is 12.8 Å². The minimum absolute atomic E-state index is 0.256. The lowest BCUT2D eigenvalue weighted by Crippen LogP contribution is -2.18. The number of ether oxygens (including phenoxy) is 2. The molecule has 1 N–H and O–H groups in total. The lowest BCUT2D eigenvalue weighted by molar-refractivity contribution is 0.147. The molecule has 0 fully saturated rings. The summed E-state index contributed by atoms with van der Waals surface area (Å²) in [5.74, 6) is 0.810. The van der Waals surface area contributed by atoms with Crippen LogP contribution in [0.1, 0.15) is 19.5 Å². The van der Waals surface area contributed by atoms with E-state index in [4.69, 9.17) is 9.47 Å². The highest BCUT2D eigenvalue weighted by Crippen LogP contribution is 2.18. The molecule has 0 atom stereocenters. The van der Waals surface area contributed by atoms with E-state index in [9.17, 15) is 4.79 Å². The van der Waals surface area contributed by atoms with Crippen molar-refractivity contribution in [2.75, 3.05) is 19.0 Å². The lowest BCUT2D eigenvalue weighted by Gasteiger charge is -2.10. The average molecular weight is 239 g/mol. The first-order valence-corrected chi connectivity index (χ1v) is 5.34. The second kappa shape index (κ2) is 6.03. The van der Waals surface area contributed by atoms with Gasteiger partial charge in [0, 0.05) is 0 Å². The molecule has 1 aromatic rings. The SMILES string of the molecule is COc1nc(C)cnc1NC(=O)OCC(C)C. The van der Waals surface area contributed by atoms with Crippen LogP contribution < -0.4 is 10.1 Å². The van der Waals surface area contributed by atoms with Gasteiger partial charge in [-0.25, -0.2) is 14.8 Å². The summed E-state index contributed by atoms with van der Waals surface area (Å²) in [6, 6.07) is 0. The van der Waals surface area contributed by atoms with Crippen molar-refractivity contribution in [1.29, 1.82) is 0 Å². The number of aromatic nitrogens is 2. The number of amides is 1. The highest BCUT2D eigenvalue weighted by molar-refractivity contribution is 5.84. The predicted molar refractivity (Wildman–Crippen MR) is 63.1 cm³/mol. The van der Waals surface area contributed by atoms with Crippen LogP contribution in [0.4, 0.5) is 10.6 Å². The van der Waals surface area contributed by atoms with Crippen LogP contribution in [0.3, 0.4) is 0 Å². The first-order valence-electron chi connectivity index (χ1n) is 5.34. The van der Waals surface area contributed by atoms with Gasteiger partial charge < -0.3 is 9.47 Å². The number of carbonyl (C=O) groups is 1. The third-order valence-electron chi connectivity index (χ3n) is 1.82. The Bertz CT molecular complexity index is 394. The number of nitrogens with zero attached hydrogens (tertiary/aromatic N) is 2. The van der Waals surface area contributed by atoms with Gasteiger partial charge in [-0.15, -0.1) is 0 Å². The molecule has 0 radical (unpaired) electrons. The van der Waals surface area contributed by atoms with Crippen LogP contribution in [-0.2, 0) is 4.74 Å². The summed E-state index contributed by atoms with van der Waals surface area (Å²) in [5.41, 5.74) is 0.711. The third kappa shape index (κ3) is 4.26. The number of anilines is 1. The molecule has 94 valence electrons. The summed E-state index contributed by atoms with van der Waals surface area (Å²) in [4.78, 5) is 19.5. The van der Waals surface area contributed by atoms with E-state index in [-0.39, 0.29) is 17.6 Å². The van der Waals surface area contributed by atoms with Gasteiger partial charge in [0.25, 0.3) is 5.88 Å². The highest BCUT2D eigenvalue weighted by Gasteiger charge is 2.11. The van der Waals surface area contributed by atoms with E-state index in [1.807, 2.05) is 13.8 Å². The van der Waals surface area contributed by atoms with Crippen molar-refractivity contribution in [3.8, 4) is 5.88 Å². The first-order chi connectivity index (χ1) is 8.02. The summed E-state index contributed by atoms with van der Waals surface area (Å²) in [6.07, 6.45) is 0.982. The van der Waals surface area contributed by atoms with Crippen molar-refractivity contribution in [3.05, 3.63) is 11.9 Å². The van der Waals surface area contributed by atoms with Gasteiger partial charge in [0.1, 0.15) is 0 Å². The van der Waals surface area contributed by atoms with Crippen molar-refractivity contribution in [3.63, 3.8) is 0 Å². The van der Waals surface area contributed by atoms with Crippen LogP contribution >= 0.6 is 0 Å². The second-order valence-electron chi connectivity index (χ2n) is 3.99. The Kier molecular flexibility index (Phi) is 4.68. The van der Waals surface area contributed by atoms with Gasteiger partial charge >= 0.3 is 6.09 Å². The molecule has 0 aromatic carbocycles. The second-order valence-corrected chi connectivity index (χ2v) is 3.99. The number of hydrogen-bond acceptors (Lipinski definition) is 5. The summed E-state index contributed by atoms with van der Waals surface area (Å²) < 4.78 is 9.97. The van der Waals surface area contributed by atoms with Gasteiger partial charge in [-0.1, -0.05) is 13.8 Å². The Hall–Kier alpha value is -1.85. The molecule has 1 amide bonds. The number of rotatable bonds is 4. The van der Waals surface area contributed by atoms with Gasteiger partial charge in [0.05, 0.1) is 25.6 Å². The molecular formula is C11H17N3O3. The fraction of sp³-hybridized carbons (Fsp3) is 0.545. The number of aryl methyl sites for hydroxylation is 1. The van der Waals surface area contributed by atoms with Crippen molar-refractivity contribution in [2.24, 2.45) is 5.92 Å².